The van der Waals surface area contributed by atoms with Crippen LogP contribution in [0.5, 0.6) is 0 Å². The van der Waals surface area contributed by atoms with Crippen LogP contribution in [-0.2, 0) is 16.1 Å². The molecule has 1 aromatic rings. The standard InChI is InChI=1S/C13H19N3O3/c17-12(5-6-13(18)19)14-9-10-7-8-16(15-10)11-3-1-2-4-11/h7-8,11H,1-6,9H2,(H,14,17)(H,18,19). The Morgan fingerprint density at radius 3 is 2.79 bits per heavy atom. The van der Waals surface area contributed by atoms with Gasteiger partial charge in [-0.2, -0.15) is 5.10 Å². The second-order valence-electron chi connectivity index (χ2n) is 4.90. The third-order valence-corrected chi connectivity index (χ3v) is 3.39. The summed E-state index contributed by atoms with van der Waals surface area (Å²) >= 11 is 0. The van der Waals surface area contributed by atoms with Crippen LogP contribution in [0.25, 0.3) is 0 Å². The fourth-order valence-electron chi connectivity index (χ4n) is 2.34. The van der Waals surface area contributed by atoms with E-state index < -0.39 is 5.97 Å². The number of rotatable bonds is 6. The molecule has 0 atom stereocenters. The minimum atomic E-state index is -0.958. The molecule has 104 valence electrons. The van der Waals surface area contributed by atoms with E-state index in [-0.39, 0.29) is 18.7 Å². The van der Waals surface area contributed by atoms with Crippen LogP contribution < -0.4 is 5.32 Å². The van der Waals surface area contributed by atoms with Crippen LogP contribution in [0.1, 0.15) is 50.3 Å². The lowest BCUT2D eigenvalue weighted by Crippen LogP contribution is -2.23. The Morgan fingerprint density at radius 1 is 1.37 bits per heavy atom. The Morgan fingerprint density at radius 2 is 2.11 bits per heavy atom. The smallest absolute Gasteiger partial charge is 0.303 e. The summed E-state index contributed by atoms with van der Waals surface area (Å²) in [6.07, 6.45) is 6.69. The molecular weight excluding hydrogens is 246 g/mol. The lowest BCUT2D eigenvalue weighted by Gasteiger charge is -2.08. The van der Waals surface area contributed by atoms with Gasteiger partial charge < -0.3 is 10.4 Å². The maximum Gasteiger partial charge on any atom is 0.303 e. The van der Waals surface area contributed by atoms with Gasteiger partial charge >= 0.3 is 5.97 Å². The maximum absolute atomic E-state index is 11.4. The molecule has 1 aliphatic carbocycles. The molecule has 0 aromatic carbocycles. The summed E-state index contributed by atoms with van der Waals surface area (Å²) in [4.78, 5) is 21.7. The van der Waals surface area contributed by atoms with Crippen molar-refractivity contribution in [2.45, 2.75) is 51.1 Å². The molecule has 0 bridgehead atoms. The largest absolute Gasteiger partial charge is 0.481 e. The molecule has 1 aromatic heterocycles. The zero-order valence-electron chi connectivity index (χ0n) is 10.8. The summed E-state index contributed by atoms with van der Waals surface area (Å²) in [6.45, 7) is 0.359. The number of amides is 1. The minimum absolute atomic E-state index is 0.0126. The zero-order valence-corrected chi connectivity index (χ0v) is 10.8. The van der Waals surface area contributed by atoms with E-state index >= 15 is 0 Å². The molecule has 6 nitrogen and oxygen atoms in total. The van der Waals surface area contributed by atoms with Gasteiger partial charge in [-0.05, 0) is 18.9 Å². The van der Waals surface area contributed by atoms with Crippen LogP contribution >= 0.6 is 0 Å². The number of carboxylic acids is 1. The lowest BCUT2D eigenvalue weighted by molar-refractivity contribution is -0.138. The third-order valence-electron chi connectivity index (χ3n) is 3.39. The molecule has 1 heterocycles. The van der Waals surface area contributed by atoms with Gasteiger partial charge in [0.25, 0.3) is 0 Å². The number of carbonyl (C=O) groups excluding carboxylic acids is 1. The molecule has 6 heteroatoms. The first kappa shape index (κ1) is 13.6. The van der Waals surface area contributed by atoms with Crippen LogP contribution in [0.4, 0.5) is 0 Å². The first-order valence-corrected chi connectivity index (χ1v) is 6.67. The highest BCUT2D eigenvalue weighted by molar-refractivity contribution is 5.80. The third kappa shape index (κ3) is 4.08. The summed E-state index contributed by atoms with van der Waals surface area (Å²) in [5.74, 6) is -1.21. The highest BCUT2D eigenvalue weighted by Crippen LogP contribution is 2.28. The van der Waals surface area contributed by atoms with E-state index in [9.17, 15) is 9.59 Å². The van der Waals surface area contributed by atoms with Crippen LogP contribution in [0.3, 0.4) is 0 Å². The summed E-state index contributed by atoms with van der Waals surface area (Å²) in [5.41, 5.74) is 0.815. The van der Waals surface area contributed by atoms with Gasteiger partial charge in [0.15, 0.2) is 0 Å². The SMILES string of the molecule is O=C(O)CCC(=O)NCc1ccn(C2CCCC2)n1. The monoisotopic (exact) mass is 265 g/mol. The van der Waals surface area contributed by atoms with Gasteiger partial charge in [0, 0.05) is 12.6 Å². The Labute approximate surface area is 111 Å². The highest BCUT2D eigenvalue weighted by atomic mass is 16.4. The van der Waals surface area contributed by atoms with Crippen LogP contribution in [0.2, 0.25) is 0 Å². The van der Waals surface area contributed by atoms with Gasteiger partial charge in [-0.25, -0.2) is 0 Å². The van der Waals surface area contributed by atoms with Crippen LogP contribution in [0, 0.1) is 0 Å². The van der Waals surface area contributed by atoms with Crippen molar-refractivity contribution in [1.82, 2.24) is 15.1 Å². The summed E-state index contributed by atoms with van der Waals surface area (Å²) < 4.78 is 1.98. The van der Waals surface area contributed by atoms with E-state index in [1.165, 1.54) is 25.7 Å². The molecule has 2 rings (SSSR count). The van der Waals surface area contributed by atoms with E-state index in [0.717, 1.165) is 5.69 Å². The van der Waals surface area contributed by atoms with Gasteiger partial charge in [0.1, 0.15) is 0 Å². The van der Waals surface area contributed by atoms with Gasteiger partial charge in [-0.1, -0.05) is 12.8 Å². The minimum Gasteiger partial charge on any atom is -0.481 e. The molecule has 0 unspecified atom stereocenters. The zero-order chi connectivity index (χ0) is 13.7. The van der Waals surface area contributed by atoms with Gasteiger partial charge in [0.2, 0.25) is 5.91 Å². The van der Waals surface area contributed by atoms with Crippen molar-refractivity contribution in [2.75, 3.05) is 0 Å². The van der Waals surface area contributed by atoms with Crippen molar-refractivity contribution < 1.29 is 14.7 Å². The number of aliphatic carboxylic acids is 1. The molecule has 1 saturated carbocycles. The van der Waals surface area contributed by atoms with Crippen molar-refractivity contribution in [3.8, 4) is 0 Å². The van der Waals surface area contributed by atoms with Gasteiger partial charge in [-0.15, -0.1) is 0 Å². The topological polar surface area (TPSA) is 84.2 Å². The van der Waals surface area contributed by atoms with Crippen molar-refractivity contribution in [1.29, 1.82) is 0 Å². The Kier molecular flexibility index (Phi) is 4.54. The van der Waals surface area contributed by atoms with E-state index in [2.05, 4.69) is 10.4 Å². The first-order chi connectivity index (χ1) is 9.15. The Bertz CT molecular complexity index is 450. The van der Waals surface area contributed by atoms with E-state index in [4.69, 9.17) is 5.11 Å². The van der Waals surface area contributed by atoms with E-state index in [1.807, 2.05) is 16.9 Å². The van der Waals surface area contributed by atoms with Crippen LogP contribution in [-0.4, -0.2) is 26.8 Å². The molecule has 0 saturated heterocycles. The molecule has 19 heavy (non-hydrogen) atoms. The molecule has 0 aliphatic heterocycles. The molecule has 0 radical (unpaired) electrons. The predicted molar refractivity (Wildman–Crippen MR) is 68.4 cm³/mol. The first-order valence-electron chi connectivity index (χ1n) is 6.67. The second-order valence-corrected chi connectivity index (χ2v) is 4.90. The summed E-state index contributed by atoms with van der Waals surface area (Å²) in [6, 6.07) is 2.40. The predicted octanol–water partition coefficient (Wildman–Crippen LogP) is 1.48. The number of carbonyl (C=O) groups is 2. The second kappa shape index (κ2) is 6.36. The number of hydrogen-bond acceptors (Lipinski definition) is 3. The number of nitrogens with one attached hydrogen (secondary N) is 1. The average Bonchev–Trinajstić information content (AvgIpc) is 3.03. The number of aromatic nitrogens is 2. The van der Waals surface area contributed by atoms with Crippen molar-refractivity contribution in [3.63, 3.8) is 0 Å². The lowest BCUT2D eigenvalue weighted by atomic mass is 10.3. The number of nitrogens with zero attached hydrogens (tertiary/aromatic N) is 2. The van der Waals surface area contributed by atoms with Crippen molar-refractivity contribution in [3.05, 3.63) is 18.0 Å². The molecule has 2 N–H and O–H groups in total. The van der Waals surface area contributed by atoms with Gasteiger partial charge in [0.05, 0.1) is 24.7 Å². The van der Waals surface area contributed by atoms with Crippen molar-refractivity contribution in [2.24, 2.45) is 0 Å². The molecule has 0 spiro atoms. The average molecular weight is 265 g/mol. The fraction of sp³-hybridized carbons (Fsp3) is 0.615. The van der Waals surface area contributed by atoms with Crippen LogP contribution in [0.15, 0.2) is 12.3 Å². The van der Waals surface area contributed by atoms with E-state index in [1.54, 1.807) is 0 Å². The van der Waals surface area contributed by atoms with Crippen molar-refractivity contribution >= 4 is 11.9 Å². The highest BCUT2D eigenvalue weighted by Gasteiger charge is 2.17. The molecule has 1 amide bonds. The fourth-order valence-corrected chi connectivity index (χ4v) is 2.34. The molecule has 1 aliphatic rings. The normalized spacial score (nSPS) is 15.6. The summed E-state index contributed by atoms with van der Waals surface area (Å²) in [7, 11) is 0. The molecular formula is C13H19N3O3. The number of carboxylic acid groups (broad SMARTS) is 1. The van der Waals surface area contributed by atoms with E-state index in [0.29, 0.717) is 12.6 Å². The maximum atomic E-state index is 11.4. The number of hydrogen-bond donors (Lipinski definition) is 2. The summed E-state index contributed by atoms with van der Waals surface area (Å²) in [5, 5.41) is 15.6. The Balaban J connectivity index is 1.76. The van der Waals surface area contributed by atoms with Gasteiger partial charge in [-0.3, -0.25) is 14.3 Å². The quantitative estimate of drug-likeness (QED) is 0.816. The Hall–Kier alpha value is -1.85. The molecule has 1 fully saturated rings.